The van der Waals surface area contributed by atoms with Crippen molar-refractivity contribution >= 4 is 12.1 Å². The lowest BCUT2D eigenvalue weighted by Crippen LogP contribution is -2.72. The quantitative estimate of drug-likeness (QED) is 0.714. The Morgan fingerprint density at radius 3 is 2.00 bits per heavy atom. The van der Waals surface area contributed by atoms with Gasteiger partial charge < -0.3 is 19.4 Å². The molecule has 124 valence electrons. The summed E-state index contributed by atoms with van der Waals surface area (Å²) in [6.45, 7) is 8.41. The first kappa shape index (κ1) is 15.4. The number of piperazine rings is 2. The van der Waals surface area contributed by atoms with Gasteiger partial charge in [-0.15, -0.1) is 0 Å². The van der Waals surface area contributed by atoms with E-state index in [4.69, 9.17) is 4.74 Å². The van der Waals surface area contributed by atoms with Crippen LogP contribution in [0.3, 0.4) is 0 Å². The molecule has 0 aromatic rings. The van der Waals surface area contributed by atoms with Crippen LogP contribution in [0.5, 0.6) is 0 Å². The molecule has 2 bridgehead atoms. The molecule has 2 atom stereocenters. The summed E-state index contributed by atoms with van der Waals surface area (Å²) in [5.41, 5.74) is 0. The molecule has 7 nitrogen and oxygen atoms in total. The number of rotatable bonds is 1. The molecule has 0 radical (unpaired) electrons. The average Bonchev–Trinajstić information content (AvgIpc) is 2.53. The van der Waals surface area contributed by atoms with E-state index in [9.17, 15) is 9.59 Å². The van der Waals surface area contributed by atoms with Crippen molar-refractivity contribution in [1.82, 2.24) is 19.6 Å². The summed E-state index contributed by atoms with van der Waals surface area (Å²) in [6.07, 6.45) is 0.914. The SMILES string of the molecule is COC(=O)N1CCN(C(=O)N2CC3CC(C2)N3C(C)C)CC1. The fourth-order valence-corrected chi connectivity index (χ4v) is 4.05. The number of hydrogen-bond acceptors (Lipinski definition) is 4. The monoisotopic (exact) mass is 310 g/mol. The molecule has 0 aromatic carbocycles. The Balaban J connectivity index is 1.51. The van der Waals surface area contributed by atoms with Crippen LogP contribution in [0.15, 0.2) is 0 Å². The largest absolute Gasteiger partial charge is 0.453 e. The highest BCUT2D eigenvalue weighted by atomic mass is 16.5. The van der Waals surface area contributed by atoms with Gasteiger partial charge in [-0.1, -0.05) is 0 Å². The van der Waals surface area contributed by atoms with Gasteiger partial charge in [-0.05, 0) is 20.3 Å². The normalized spacial score (nSPS) is 28.6. The van der Waals surface area contributed by atoms with Gasteiger partial charge in [0.15, 0.2) is 0 Å². The van der Waals surface area contributed by atoms with Gasteiger partial charge in [0.1, 0.15) is 0 Å². The molecule has 3 amide bonds. The second-order valence-electron chi connectivity index (χ2n) is 6.72. The van der Waals surface area contributed by atoms with Crippen molar-refractivity contribution in [2.24, 2.45) is 0 Å². The van der Waals surface area contributed by atoms with Gasteiger partial charge in [0.05, 0.1) is 7.11 Å². The Hall–Kier alpha value is -1.50. The zero-order valence-electron chi connectivity index (χ0n) is 13.7. The highest BCUT2D eigenvalue weighted by molar-refractivity contribution is 5.75. The summed E-state index contributed by atoms with van der Waals surface area (Å²) >= 11 is 0. The topological polar surface area (TPSA) is 56.3 Å². The minimum absolute atomic E-state index is 0.127. The fraction of sp³-hybridized carbons (Fsp3) is 0.867. The minimum atomic E-state index is -0.307. The second kappa shape index (κ2) is 5.95. The van der Waals surface area contributed by atoms with Crippen LogP contribution in [0, 0.1) is 0 Å². The molecule has 0 N–H and O–H groups in total. The maximum absolute atomic E-state index is 12.6. The maximum atomic E-state index is 12.6. The lowest BCUT2D eigenvalue weighted by atomic mass is 9.86. The summed E-state index contributed by atoms with van der Waals surface area (Å²) < 4.78 is 4.72. The van der Waals surface area contributed by atoms with Crippen LogP contribution in [0.1, 0.15) is 20.3 Å². The molecule has 0 aromatic heterocycles. The first-order chi connectivity index (χ1) is 10.5. The van der Waals surface area contributed by atoms with E-state index in [0.717, 1.165) is 13.1 Å². The maximum Gasteiger partial charge on any atom is 0.409 e. The standard InChI is InChI=1S/C15H26N4O3/c1-11(2)19-12-8-13(19)10-18(9-12)14(20)16-4-6-17(7-5-16)15(21)22-3/h11-13H,4-10H2,1-3H3. The van der Waals surface area contributed by atoms with Crippen LogP contribution >= 0.6 is 0 Å². The third kappa shape index (κ3) is 2.62. The zero-order chi connectivity index (χ0) is 15.9. The Labute approximate surface area is 131 Å². The molecule has 4 rings (SSSR count). The van der Waals surface area contributed by atoms with Crippen LogP contribution in [0.2, 0.25) is 0 Å². The first-order valence-electron chi connectivity index (χ1n) is 8.15. The number of amides is 3. The molecular formula is C15H26N4O3. The minimum Gasteiger partial charge on any atom is -0.453 e. The molecule has 4 saturated heterocycles. The number of carbonyl (C=O) groups excluding carboxylic acids is 2. The third-order valence-electron chi connectivity index (χ3n) is 5.10. The molecule has 4 heterocycles. The number of carbonyl (C=O) groups is 2. The molecule has 4 fully saturated rings. The summed E-state index contributed by atoms with van der Waals surface area (Å²) in [4.78, 5) is 32.2. The molecule has 2 unspecified atom stereocenters. The highest BCUT2D eigenvalue weighted by Gasteiger charge is 2.47. The Kier molecular flexibility index (Phi) is 4.16. The number of nitrogens with zero attached hydrogens (tertiary/aromatic N) is 4. The van der Waals surface area contributed by atoms with Crippen molar-refractivity contribution in [2.75, 3.05) is 46.4 Å². The van der Waals surface area contributed by atoms with E-state index < -0.39 is 0 Å². The van der Waals surface area contributed by atoms with Crippen molar-refractivity contribution in [3.05, 3.63) is 0 Å². The van der Waals surface area contributed by atoms with Gasteiger partial charge in [0.2, 0.25) is 0 Å². The highest BCUT2D eigenvalue weighted by Crippen LogP contribution is 2.34. The van der Waals surface area contributed by atoms with E-state index in [1.165, 1.54) is 13.5 Å². The summed E-state index contributed by atoms with van der Waals surface area (Å²) in [7, 11) is 1.39. The number of hydrogen-bond donors (Lipinski definition) is 0. The molecule has 4 aliphatic heterocycles. The number of urea groups is 1. The van der Waals surface area contributed by atoms with E-state index in [2.05, 4.69) is 18.7 Å². The Morgan fingerprint density at radius 2 is 1.50 bits per heavy atom. The Bertz CT molecular complexity index is 436. The molecule has 0 aliphatic carbocycles. The van der Waals surface area contributed by atoms with Crippen LogP contribution in [0.25, 0.3) is 0 Å². The van der Waals surface area contributed by atoms with E-state index in [1.807, 2.05) is 9.80 Å². The molecule has 0 spiro atoms. The van der Waals surface area contributed by atoms with Gasteiger partial charge in [-0.2, -0.15) is 0 Å². The van der Waals surface area contributed by atoms with E-state index in [0.29, 0.717) is 44.3 Å². The van der Waals surface area contributed by atoms with Gasteiger partial charge in [0.25, 0.3) is 0 Å². The number of methoxy groups -OCH3 is 1. The summed E-state index contributed by atoms with van der Waals surface area (Å²) in [6, 6.07) is 1.74. The molecule has 22 heavy (non-hydrogen) atoms. The van der Waals surface area contributed by atoms with Gasteiger partial charge in [0, 0.05) is 57.4 Å². The molecule has 7 heteroatoms. The molecule has 4 aliphatic rings. The van der Waals surface area contributed by atoms with Crippen molar-refractivity contribution in [3.63, 3.8) is 0 Å². The Morgan fingerprint density at radius 1 is 0.955 bits per heavy atom. The lowest BCUT2D eigenvalue weighted by molar-refractivity contribution is -0.0783. The third-order valence-corrected chi connectivity index (χ3v) is 5.10. The lowest BCUT2D eigenvalue weighted by Gasteiger charge is -2.58. The summed E-state index contributed by atoms with van der Waals surface area (Å²) in [5.74, 6) is 0. The van der Waals surface area contributed by atoms with Crippen molar-refractivity contribution < 1.29 is 14.3 Å². The number of ether oxygens (including phenoxy) is 1. The van der Waals surface area contributed by atoms with E-state index in [-0.39, 0.29) is 12.1 Å². The fourth-order valence-electron chi connectivity index (χ4n) is 4.05. The van der Waals surface area contributed by atoms with Crippen molar-refractivity contribution in [2.45, 2.75) is 38.4 Å². The van der Waals surface area contributed by atoms with Gasteiger partial charge >= 0.3 is 12.1 Å². The van der Waals surface area contributed by atoms with Crippen LogP contribution in [0.4, 0.5) is 9.59 Å². The van der Waals surface area contributed by atoms with Crippen molar-refractivity contribution in [1.29, 1.82) is 0 Å². The van der Waals surface area contributed by atoms with Crippen LogP contribution in [-0.4, -0.2) is 96.2 Å². The summed E-state index contributed by atoms with van der Waals surface area (Å²) in [5, 5.41) is 0. The van der Waals surface area contributed by atoms with Crippen LogP contribution < -0.4 is 0 Å². The van der Waals surface area contributed by atoms with Crippen molar-refractivity contribution in [3.8, 4) is 0 Å². The molecule has 0 saturated carbocycles. The van der Waals surface area contributed by atoms with E-state index >= 15 is 0 Å². The predicted molar refractivity (Wildman–Crippen MR) is 81.7 cm³/mol. The van der Waals surface area contributed by atoms with Gasteiger partial charge in [-0.3, -0.25) is 4.90 Å². The predicted octanol–water partition coefficient (Wildman–Crippen LogP) is 0.657. The zero-order valence-corrected chi connectivity index (χ0v) is 13.7. The smallest absolute Gasteiger partial charge is 0.409 e. The van der Waals surface area contributed by atoms with Crippen LogP contribution in [-0.2, 0) is 4.74 Å². The first-order valence-corrected chi connectivity index (χ1v) is 8.15. The average molecular weight is 310 g/mol. The molecular weight excluding hydrogens is 284 g/mol. The second-order valence-corrected chi connectivity index (χ2v) is 6.72. The number of piperidine rings is 1. The van der Waals surface area contributed by atoms with Gasteiger partial charge in [-0.25, -0.2) is 9.59 Å². The number of fused-ring (bicyclic) bond motifs is 2. The van der Waals surface area contributed by atoms with E-state index in [1.54, 1.807) is 4.90 Å².